The fourth-order valence-electron chi connectivity index (χ4n) is 2.14. The van der Waals surface area contributed by atoms with Crippen molar-refractivity contribution in [1.82, 2.24) is 10.2 Å². The summed E-state index contributed by atoms with van der Waals surface area (Å²) in [7, 11) is 0. The van der Waals surface area contributed by atoms with Crippen LogP contribution in [0, 0.1) is 17.2 Å². The van der Waals surface area contributed by atoms with E-state index < -0.39 is 5.54 Å². The lowest BCUT2D eigenvalue weighted by Crippen LogP contribution is -2.56. The Bertz CT molecular complexity index is 354. The Kier molecular flexibility index (Phi) is 5.33. The fraction of sp³-hybridized carbons (Fsp3) is 0.857. The molecule has 0 aromatic carbocycles. The van der Waals surface area contributed by atoms with Crippen molar-refractivity contribution in [3.05, 3.63) is 0 Å². The van der Waals surface area contributed by atoms with Crippen LogP contribution in [0.1, 0.15) is 34.6 Å². The second kappa shape index (κ2) is 6.36. The third-order valence-corrected chi connectivity index (χ3v) is 3.96. The second-order valence-corrected chi connectivity index (χ2v) is 5.92. The van der Waals surface area contributed by atoms with Gasteiger partial charge in [0.05, 0.1) is 25.8 Å². The Morgan fingerprint density at radius 3 is 2.42 bits per heavy atom. The lowest BCUT2D eigenvalue weighted by molar-refractivity contribution is -0.127. The van der Waals surface area contributed by atoms with Crippen LogP contribution in [0.5, 0.6) is 0 Å². The highest BCUT2D eigenvalue weighted by Gasteiger charge is 2.32. The maximum absolute atomic E-state index is 12.1. The third-order valence-electron chi connectivity index (χ3n) is 3.96. The summed E-state index contributed by atoms with van der Waals surface area (Å²) in [6, 6.07) is 2.64. The minimum absolute atomic E-state index is 0.0704. The summed E-state index contributed by atoms with van der Waals surface area (Å²) >= 11 is 0. The van der Waals surface area contributed by atoms with Crippen molar-refractivity contribution in [1.29, 1.82) is 5.26 Å². The molecule has 0 aliphatic carbocycles. The van der Waals surface area contributed by atoms with Gasteiger partial charge in [-0.2, -0.15) is 5.26 Å². The Morgan fingerprint density at radius 2 is 2.00 bits per heavy atom. The van der Waals surface area contributed by atoms with Crippen molar-refractivity contribution in [3.8, 4) is 6.07 Å². The molecule has 0 radical (unpaired) electrons. The van der Waals surface area contributed by atoms with E-state index in [9.17, 15) is 10.1 Å². The Labute approximate surface area is 115 Å². The molecule has 0 bridgehead atoms. The number of hydrogen-bond acceptors (Lipinski definition) is 4. The standard InChI is InChI=1S/C14H25N3O2/c1-10(2)14(5,9-15)16-13(18)6-17-11(3)7-19-8-12(17)4/h10-12H,6-8H2,1-5H3,(H,16,18)/t11-,12+,14-/m1/s1. The number of carbonyl (C=O) groups is 1. The van der Waals surface area contributed by atoms with Gasteiger partial charge in [0, 0.05) is 12.1 Å². The number of nitrogens with zero attached hydrogens (tertiary/aromatic N) is 2. The van der Waals surface area contributed by atoms with Crippen LogP contribution < -0.4 is 5.32 Å². The van der Waals surface area contributed by atoms with Crippen LogP contribution in [-0.2, 0) is 9.53 Å². The molecular formula is C14H25N3O2. The van der Waals surface area contributed by atoms with E-state index in [1.165, 1.54) is 0 Å². The number of carbonyl (C=O) groups excluding carboxylic acids is 1. The molecule has 1 amide bonds. The second-order valence-electron chi connectivity index (χ2n) is 5.92. The summed E-state index contributed by atoms with van der Waals surface area (Å²) in [5, 5.41) is 12.1. The van der Waals surface area contributed by atoms with Gasteiger partial charge in [0.1, 0.15) is 5.54 Å². The van der Waals surface area contributed by atoms with E-state index in [0.717, 1.165) is 0 Å². The number of nitrogens with one attached hydrogen (secondary N) is 1. The predicted molar refractivity (Wildman–Crippen MR) is 73.4 cm³/mol. The van der Waals surface area contributed by atoms with Gasteiger partial charge in [-0.15, -0.1) is 0 Å². The lowest BCUT2D eigenvalue weighted by Gasteiger charge is -2.39. The Balaban J connectivity index is 2.62. The summed E-state index contributed by atoms with van der Waals surface area (Å²) in [6.45, 7) is 11.3. The van der Waals surface area contributed by atoms with E-state index in [1.807, 2.05) is 13.8 Å². The van der Waals surface area contributed by atoms with E-state index >= 15 is 0 Å². The number of hydrogen-bond donors (Lipinski definition) is 1. The van der Waals surface area contributed by atoms with E-state index in [2.05, 4.69) is 30.1 Å². The normalized spacial score (nSPS) is 27.6. The lowest BCUT2D eigenvalue weighted by atomic mass is 9.90. The summed E-state index contributed by atoms with van der Waals surface area (Å²) < 4.78 is 5.44. The minimum Gasteiger partial charge on any atom is -0.378 e. The fourth-order valence-corrected chi connectivity index (χ4v) is 2.14. The molecular weight excluding hydrogens is 242 g/mol. The number of nitriles is 1. The molecule has 0 unspecified atom stereocenters. The van der Waals surface area contributed by atoms with E-state index in [4.69, 9.17) is 4.74 Å². The van der Waals surface area contributed by atoms with Crippen molar-refractivity contribution in [2.24, 2.45) is 5.92 Å². The molecule has 1 N–H and O–H groups in total. The van der Waals surface area contributed by atoms with Crippen LogP contribution in [0.15, 0.2) is 0 Å². The molecule has 0 aromatic rings. The van der Waals surface area contributed by atoms with Crippen LogP contribution in [0.3, 0.4) is 0 Å². The van der Waals surface area contributed by atoms with Gasteiger partial charge >= 0.3 is 0 Å². The predicted octanol–water partition coefficient (Wildman–Crippen LogP) is 1.15. The molecule has 0 saturated carbocycles. The zero-order valence-corrected chi connectivity index (χ0v) is 12.6. The maximum atomic E-state index is 12.1. The topological polar surface area (TPSA) is 65.4 Å². The molecule has 1 saturated heterocycles. The van der Waals surface area contributed by atoms with Gasteiger partial charge in [0.25, 0.3) is 0 Å². The first-order valence-corrected chi connectivity index (χ1v) is 6.86. The number of ether oxygens (including phenoxy) is 1. The maximum Gasteiger partial charge on any atom is 0.235 e. The Hall–Kier alpha value is -1.12. The number of morpholine rings is 1. The molecule has 5 nitrogen and oxygen atoms in total. The van der Waals surface area contributed by atoms with Gasteiger partial charge in [0.15, 0.2) is 0 Å². The summed E-state index contributed by atoms with van der Waals surface area (Å²) in [5.41, 5.74) is -0.810. The molecule has 1 fully saturated rings. The van der Waals surface area contributed by atoms with Crippen molar-refractivity contribution in [2.75, 3.05) is 19.8 Å². The van der Waals surface area contributed by atoms with Crippen LogP contribution in [0.2, 0.25) is 0 Å². The number of amides is 1. The van der Waals surface area contributed by atoms with Gasteiger partial charge in [-0.25, -0.2) is 0 Å². The first-order valence-electron chi connectivity index (χ1n) is 6.86. The molecule has 1 aliphatic rings. The molecule has 3 atom stereocenters. The zero-order chi connectivity index (χ0) is 14.6. The van der Waals surface area contributed by atoms with Gasteiger partial charge in [-0.3, -0.25) is 9.69 Å². The van der Waals surface area contributed by atoms with E-state index in [-0.39, 0.29) is 23.9 Å². The molecule has 108 valence electrons. The average molecular weight is 267 g/mol. The van der Waals surface area contributed by atoms with E-state index in [1.54, 1.807) is 6.92 Å². The smallest absolute Gasteiger partial charge is 0.235 e. The van der Waals surface area contributed by atoms with Gasteiger partial charge in [-0.05, 0) is 26.7 Å². The van der Waals surface area contributed by atoms with Crippen LogP contribution in [0.4, 0.5) is 0 Å². The molecule has 1 aliphatic heterocycles. The highest BCUT2D eigenvalue weighted by molar-refractivity contribution is 5.79. The van der Waals surface area contributed by atoms with E-state index in [0.29, 0.717) is 19.8 Å². The van der Waals surface area contributed by atoms with Crippen molar-refractivity contribution < 1.29 is 9.53 Å². The molecule has 1 heterocycles. The van der Waals surface area contributed by atoms with Crippen molar-refractivity contribution in [3.63, 3.8) is 0 Å². The molecule has 5 heteroatoms. The first kappa shape index (κ1) is 15.9. The molecule has 1 rings (SSSR count). The van der Waals surface area contributed by atoms with Gasteiger partial charge in [0.2, 0.25) is 5.91 Å². The van der Waals surface area contributed by atoms with Gasteiger partial charge in [-0.1, -0.05) is 13.8 Å². The van der Waals surface area contributed by atoms with Crippen LogP contribution in [-0.4, -0.2) is 48.2 Å². The van der Waals surface area contributed by atoms with Crippen molar-refractivity contribution >= 4 is 5.91 Å². The highest BCUT2D eigenvalue weighted by atomic mass is 16.5. The first-order chi connectivity index (χ1) is 8.80. The summed E-state index contributed by atoms with van der Waals surface area (Å²) in [5.74, 6) is -0.0284. The molecule has 0 aromatic heterocycles. The third kappa shape index (κ3) is 3.92. The monoisotopic (exact) mass is 267 g/mol. The summed E-state index contributed by atoms with van der Waals surface area (Å²) in [4.78, 5) is 14.3. The summed E-state index contributed by atoms with van der Waals surface area (Å²) in [6.07, 6.45) is 0. The zero-order valence-electron chi connectivity index (χ0n) is 12.6. The number of rotatable bonds is 4. The van der Waals surface area contributed by atoms with Crippen LogP contribution in [0.25, 0.3) is 0 Å². The largest absolute Gasteiger partial charge is 0.378 e. The molecule has 0 spiro atoms. The Morgan fingerprint density at radius 1 is 1.47 bits per heavy atom. The van der Waals surface area contributed by atoms with Crippen LogP contribution >= 0.6 is 0 Å². The quantitative estimate of drug-likeness (QED) is 0.830. The SMILES string of the molecule is CC(C)[C@@](C)(C#N)NC(=O)CN1[C@H](C)COC[C@@H]1C. The van der Waals surface area contributed by atoms with Crippen molar-refractivity contribution in [2.45, 2.75) is 52.2 Å². The highest BCUT2D eigenvalue weighted by Crippen LogP contribution is 2.16. The average Bonchev–Trinajstić information content (AvgIpc) is 2.33. The molecule has 19 heavy (non-hydrogen) atoms. The minimum atomic E-state index is -0.810. The van der Waals surface area contributed by atoms with Gasteiger partial charge < -0.3 is 10.1 Å².